The van der Waals surface area contributed by atoms with Gasteiger partial charge in [0, 0.05) is 0 Å². The summed E-state index contributed by atoms with van der Waals surface area (Å²) in [5, 5.41) is 9.96. The predicted molar refractivity (Wildman–Crippen MR) is 60.8 cm³/mol. The minimum Gasteiger partial charge on any atom is -0.369 e. The molecule has 2 rings (SSSR count). The average molecular weight is 254 g/mol. The number of carbonyl (C=O) groups is 1. The first-order valence-corrected chi connectivity index (χ1v) is 6.27. The van der Waals surface area contributed by atoms with Crippen molar-refractivity contribution < 1.29 is 22.9 Å². The Morgan fingerprint density at radius 1 is 1.29 bits per heavy atom. The van der Waals surface area contributed by atoms with Crippen molar-refractivity contribution in [2.75, 3.05) is 0 Å². The molecule has 90 valence electrons. The molecule has 0 spiro atoms. The molecule has 0 heterocycles. The zero-order valence-corrected chi connectivity index (χ0v) is 9.46. The highest BCUT2D eigenvalue weighted by Gasteiger charge is 2.49. The van der Waals surface area contributed by atoms with E-state index in [0.717, 1.165) is 6.08 Å². The van der Waals surface area contributed by atoms with Crippen molar-refractivity contribution >= 4 is 22.5 Å². The molecular weight excluding hydrogens is 244 g/mol. The second-order valence-corrected chi connectivity index (χ2v) is 5.41. The molecule has 0 amide bonds. The first kappa shape index (κ1) is 12.0. The Hall–Kier alpha value is -1.50. The maximum atomic E-state index is 11.2. The number of aliphatic hydroxyl groups is 1. The van der Waals surface area contributed by atoms with Crippen LogP contribution >= 0.6 is 0 Å². The molecular formula is C11H10O5S. The van der Waals surface area contributed by atoms with E-state index in [1.54, 1.807) is 18.2 Å². The number of carbonyl (C=O) groups excluding carboxylic acids is 1. The van der Waals surface area contributed by atoms with E-state index in [1.165, 1.54) is 12.1 Å². The van der Waals surface area contributed by atoms with Gasteiger partial charge in [0.05, 0.1) is 5.92 Å². The standard InChI is InChI=1S/C11H10O5S/c12-7-10-9-4-2-1-3-8(9)5-6-11(10,13)17(14,15)16/h1-7,10,13H,(H,14,15,16). The summed E-state index contributed by atoms with van der Waals surface area (Å²) in [6.45, 7) is 0. The molecule has 2 unspecified atom stereocenters. The van der Waals surface area contributed by atoms with Crippen LogP contribution in [-0.2, 0) is 14.9 Å². The Morgan fingerprint density at radius 3 is 2.53 bits per heavy atom. The van der Waals surface area contributed by atoms with E-state index in [9.17, 15) is 18.3 Å². The van der Waals surface area contributed by atoms with Crippen LogP contribution in [0.3, 0.4) is 0 Å². The Bertz CT molecular complexity index is 590. The number of hydrogen-bond donors (Lipinski definition) is 2. The van der Waals surface area contributed by atoms with Crippen LogP contribution in [0.15, 0.2) is 30.3 Å². The van der Waals surface area contributed by atoms with E-state index in [4.69, 9.17) is 4.55 Å². The number of hydrogen-bond acceptors (Lipinski definition) is 4. The number of fused-ring (bicyclic) bond motifs is 1. The average Bonchev–Trinajstić information content (AvgIpc) is 2.27. The highest BCUT2D eigenvalue weighted by molar-refractivity contribution is 7.87. The van der Waals surface area contributed by atoms with Crippen LogP contribution in [0.25, 0.3) is 6.08 Å². The van der Waals surface area contributed by atoms with Gasteiger partial charge in [-0.25, -0.2) is 0 Å². The molecule has 1 aliphatic carbocycles. The highest BCUT2D eigenvalue weighted by atomic mass is 32.2. The summed E-state index contributed by atoms with van der Waals surface area (Å²) in [4.78, 5) is 8.42. The maximum absolute atomic E-state index is 11.2. The largest absolute Gasteiger partial charge is 0.369 e. The lowest BCUT2D eigenvalue weighted by Crippen LogP contribution is -2.44. The fourth-order valence-electron chi connectivity index (χ4n) is 1.90. The summed E-state index contributed by atoms with van der Waals surface area (Å²) in [5.41, 5.74) is 1.00. The molecule has 0 bridgehead atoms. The van der Waals surface area contributed by atoms with Gasteiger partial charge in [-0.2, -0.15) is 8.42 Å². The zero-order valence-electron chi connectivity index (χ0n) is 8.65. The molecule has 2 N–H and O–H groups in total. The minimum atomic E-state index is -4.79. The van der Waals surface area contributed by atoms with Crippen molar-refractivity contribution in [2.24, 2.45) is 0 Å². The molecule has 1 aliphatic rings. The van der Waals surface area contributed by atoms with Gasteiger partial charge in [-0.15, -0.1) is 0 Å². The number of rotatable bonds is 2. The van der Waals surface area contributed by atoms with E-state index in [-0.39, 0.29) is 0 Å². The quantitative estimate of drug-likeness (QED) is 0.594. The highest BCUT2D eigenvalue weighted by Crippen LogP contribution is 2.38. The van der Waals surface area contributed by atoms with Crippen LogP contribution in [0, 0.1) is 0 Å². The molecule has 0 aromatic heterocycles. The molecule has 2 atom stereocenters. The van der Waals surface area contributed by atoms with E-state index in [2.05, 4.69) is 0 Å². The van der Waals surface area contributed by atoms with Crippen LogP contribution in [0.5, 0.6) is 0 Å². The second kappa shape index (κ2) is 3.76. The lowest BCUT2D eigenvalue weighted by molar-refractivity contribution is -0.111. The Morgan fingerprint density at radius 2 is 1.94 bits per heavy atom. The van der Waals surface area contributed by atoms with Crippen molar-refractivity contribution in [1.29, 1.82) is 0 Å². The molecule has 0 saturated heterocycles. The van der Waals surface area contributed by atoms with E-state index < -0.39 is 21.0 Å². The maximum Gasteiger partial charge on any atom is 0.299 e. The van der Waals surface area contributed by atoms with Crippen molar-refractivity contribution in [2.45, 2.75) is 10.9 Å². The SMILES string of the molecule is O=CC1c2ccccc2C=CC1(O)S(=O)(=O)O. The van der Waals surface area contributed by atoms with E-state index in [1.807, 2.05) is 0 Å². The minimum absolute atomic E-state index is 0.316. The summed E-state index contributed by atoms with van der Waals surface area (Å²) < 4.78 is 31.4. The van der Waals surface area contributed by atoms with Crippen LogP contribution in [0.1, 0.15) is 17.0 Å². The van der Waals surface area contributed by atoms with Crippen LogP contribution < -0.4 is 0 Å². The molecule has 1 aromatic rings. The van der Waals surface area contributed by atoms with Crippen molar-refractivity contribution in [3.63, 3.8) is 0 Å². The Balaban J connectivity index is 2.69. The van der Waals surface area contributed by atoms with Gasteiger partial charge in [0.25, 0.3) is 10.1 Å². The second-order valence-electron chi connectivity index (χ2n) is 3.80. The van der Waals surface area contributed by atoms with Gasteiger partial charge in [0.1, 0.15) is 6.29 Å². The van der Waals surface area contributed by atoms with Crippen LogP contribution in [0.4, 0.5) is 0 Å². The lowest BCUT2D eigenvalue weighted by Gasteiger charge is -2.31. The van der Waals surface area contributed by atoms with Gasteiger partial charge in [0.15, 0.2) is 0 Å². The predicted octanol–water partition coefficient (Wildman–Crippen LogP) is 0.572. The third-order valence-corrected chi connectivity index (χ3v) is 4.04. The Labute approximate surface area is 98.1 Å². The molecule has 0 saturated carbocycles. The number of benzene rings is 1. The summed E-state index contributed by atoms with van der Waals surface area (Å²) in [6, 6.07) is 6.57. The number of aldehydes is 1. The molecule has 17 heavy (non-hydrogen) atoms. The van der Waals surface area contributed by atoms with Crippen molar-refractivity contribution in [3.05, 3.63) is 41.5 Å². The zero-order chi connectivity index (χ0) is 12.7. The third kappa shape index (κ3) is 1.70. The fourth-order valence-corrected chi connectivity index (χ4v) is 2.64. The van der Waals surface area contributed by atoms with Gasteiger partial charge in [0.2, 0.25) is 4.93 Å². The lowest BCUT2D eigenvalue weighted by atomic mass is 9.85. The molecule has 1 aromatic carbocycles. The molecule has 0 fully saturated rings. The molecule has 5 nitrogen and oxygen atoms in total. The molecule has 0 radical (unpaired) electrons. The first-order chi connectivity index (χ1) is 7.90. The van der Waals surface area contributed by atoms with Gasteiger partial charge in [-0.3, -0.25) is 4.55 Å². The molecule has 6 heteroatoms. The van der Waals surface area contributed by atoms with Crippen molar-refractivity contribution in [3.8, 4) is 0 Å². The first-order valence-electron chi connectivity index (χ1n) is 4.83. The summed E-state index contributed by atoms with van der Waals surface area (Å²) in [7, 11) is -4.79. The topological polar surface area (TPSA) is 91.7 Å². The summed E-state index contributed by atoms with van der Waals surface area (Å²) in [5.74, 6) is -1.33. The fraction of sp³-hybridized carbons (Fsp3) is 0.182. The van der Waals surface area contributed by atoms with E-state index in [0.29, 0.717) is 17.4 Å². The van der Waals surface area contributed by atoms with Gasteiger partial charge >= 0.3 is 0 Å². The van der Waals surface area contributed by atoms with Gasteiger partial charge < -0.3 is 9.90 Å². The smallest absolute Gasteiger partial charge is 0.299 e. The van der Waals surface area contributed by atoms with Crippen LogP contribution in [-0.4, -0.2) is 29.3 Å². The molecule has 0 aliphatic heterocycles. The van der Waals surface area contributed by atoms with Gasteiger partial charge in [-0.1, -0.05) is 30.3 Å². The monoisotopic (exact) mass is 254 g/mol. The normalized spacial score (nSPS) is 27.5. The van der Waals surface area contributed by atoms with E-state index >= 15 is 0 Å². The summed E-state index contributed by atoms with van der Waals surface area (Å²) in [6.07, 6.45) is 2.60. The van der Waals surface area contributed by atoms with Crippen LogP contribution in [0.2, 0.25) is 0 Å². The Kier molecular flexibility index (Phi) is 2.65. The third-order valence-electron chi connectivity index (χ3n) is 2.83. The summed E-state index contributed by atoms with van der Waals surface area (Å²) >= 11 is 0. The van der Waals surface area contributed by atoms with Crippen molar-refractivity contribution in [1.82, 2.24) is 0 Å². The van der Waals surface area contributed by atoms with Gasteiger partial charge in [-0.05, 0) is 17.2 Å².